The van der Waals surface area contributed by atoms with Gasteiger partial charge in [-0.3, -0.25) is 4.79 Å². The van der Waals surface area contributed by atoms with Gasteiger partial charge in [0.2, 0.25) is 0 Å². The molecule has 1 N–H and O–H groups in total. The van der Waals surface area contributed by atoms with Crippen molar-refractivity contribution in [2.24, 2.45) is 0 Å². The van der Waals surface area contributed by atoms with Crippen molar-refractivity contribution in [3.63, 3.8) is 0 Å². The minimum absolute atomic E-state index is 0. The molecule has 1 aromatic rings. The highest BCUT2D eigenvalue weighted by molar-refractivity contribution is 5.95. The summed E-state index contributed by atoms with van der Waals surface area (Å²) in [6, 6.07) is 2.87. The molecule has 3 rings (SSSR count). The zero-order valence-corrected chi connectivity index (χ0v) is 11.3. The van der Waals surface area contributed by atoms with Crippen LogP contribution in [0, 0.1) is 6.92 Å². The van der Waals surface area contributed by atoms with Crippen molar-refractivity contribution >= 4 is 18.3 Å². The Morgan fingerprint density at radius 2 is 2.17 bits per heavy atom. The van der Waals surface area contributed by atoms with Crippen molar-refractivity contribution in [1.82, 2.24) is 10.2 Å². The lowest BCUT2D eigenvalue weighted by atomic mass is 10.1. The van der Waals surface area contributed by atoms with E-state index >= 15 is 0 Å². The van der Waals surface area contributed by atoms with Crippen LogP contribution in [0.3, 0.4) is 0 Å². The Balaban J connectivity index is 0.00000120. The normalized spacial score (nSPS) is 26.6. The summed E-state index contributed by atoms with van der Waals surface area (Å²) in [5.41, 5.74) is 0.711. The summed E-state index contributed by atoms with van der Waals surface area (Å²) in [5.74, 6) is 0.836. The number of likely N-dealkylation sites (tertiary alicyclic amines) is 1. The Morgan fingerprint density at radius 3 is 2.89 bits per heavy atom. The quantitative estimate of drug-likeness (QED) is 0.849. The van der Waals surface area contributed by atoms with Crippen molar-refractivity contribution in [3.8, 4) is 0 Å². The number of carbonyl (C=O) groups excluding carboxylic acids is 1. The van der Waals surface area contributed by atoms with Gasteiger partial charge in [-0.2, -0.15) is 0 Å². The van der Waals surface area contributed by atoms with Gasteiger partial charge in [0, 0.05) is 25.2 Å². The van der Waals surface area contributed by atoms with Crippen LogP contribution in [0.4, 0.5) is 0 Å². The first-order valence-electron chi connectivity index (χ1n) is 6.33. The monoisotopic (exact) mass is 270 g/mol. The molecule has 2 aliphatic rings. The standard InChI is InChI=1S/C13H18N2O2.ClH/c1-9-12(5-7-17-9)13(16)15-6-4-10-2-3-11(8-15)14-10;/h5,7,10-11,14H,2-4,6,8H2,1H3;1H. The number of hydrogen-bond acceptors (Lipinski definition) is 3. The maximum Gasteiger partial charge on any atom is 0.257 e. The number of nitrogens with one attached hydrogen (secondary N) is 1. The van der Waals surface area contributed by atoms with Gasteiger partial charge >= 0.3 is 0 Å². The first kappa shape index (κ1) is 13.4. The van der Waals surface area contributed by atoms with Crippen molar-refractivity contribution < 1.29 is 9.21 Å². The maximum atomic E-state index is 12.3. The van der Waals surface area contributed by atoms with Gasteiger partial charge in [-0.05, 0) is 32.3 Å². The van der Waals surface area contributed by atoms with E-state index < -0.39 is 0 Å². The molecule has 18 heavy (non-hydrogen) atoms. The van der Waals surface area contributed by atoms with Gasteiger partial charge in [0.25, 0.3) is 5.91 Å². The van der Waals surface area contributed by atoms with E-state index in [4.69, 9.17) is 4.42 Å². The molecule has 2 saturated heterocycles. The summed E-state index contributed by atoms with van der Waals surface area (Å²) in [4.78, 5) is 14.3. The van der Waals surface area contributed by atoms with Gasteiger partial charge in [0.15, 0.2) is 0 Å². The molecular weight excluding hydrogens is 252 g/mol. The number of furan rings is 1. The minimum Gasteiger partial charge on any atom is -0.469 e. The summed E-state index contributed by atoms with van der Waals surface area (Å²) >= 11 is 0. The summed E-state index contributed by atoms with van der Waals surface area (Å²) in [6.45, 7) is 3.53. The van der Waals surface area contributed by atoms with Crippen LogP contribution in [0.15, 0.2) is 16.7 Å². The van der Waals surface area contributed by atoms with Gasteiger partial charge in [-0.25, -0.2) is 0 Å². The van der Waals surface area contributed by atoms with E-state index in [-0.39, 0.29) is 18.3 Å². The Hall–Kier alpha value is -1.00. The van der Waals surface area contributed by atoms with E-state index in [0.717, 1.165) is 25.3 Å². The summed E-state index contributed by atoms with van der Waals surface area (Å²) in [7, 11) is 0. The highest BCUT2D eigenvalue weighted by Gasteiger charge is 2.32. The molecule has 0 spiro atoms. The molecule has 0 aliphatic carbocycles. The molecule has 100 valence electrons. The van der Waals surface area contributed by atoms with Gasteiger partial charge in [-0.15, -0.1) is 12.4 Å². The number of hydrogen-bond donors (Lipinski definition) is 1. The molecule has 2 aliphatic heterocycles. The van der Waals surface area contributed by atoms with E-state index in [1.807, 2.05) is 11.8 Å². The Morgan fingerprint density at radius 1 is 1.39 bits per heavy atom. The lowest BCUT2D eigenvalue weighted by molar-refractivity contribution is 0.0746. The average molecular weight is 271 g/mol. The van der Waals surface area contributed by atoms with Crippen LogP contribution in [-0.2, 0) is 0 Å². The number of halogens is 1. The molecule has 5 heteroatoms. The smallest absolute Gasteiger partial charge is 0.257 e. The highest BCUT2D eigenvalue weighted by Crippen LogP contribution is 2.22. The second kappa shape index (κ2) is 5.33. The molecular formula is C13H19ClN2O2. The second-order valence-corrected chi connectivity index (χ2v) is 5.07. The van der Waals surface area contributed by atoms with Crippen LogP contribution in [0.2, 0.25) is 0 Å². The molecule has 2 fully saturated rings. The molecule has 2 unspecified atom stereocenters. The third-order valence-electron chi connectivity index (χ3n) is 3.90. The zero-order valence-electron chi connectivity index (χ0n) is 10.5. The molecule has 0 radical (unpaired) electrons. The number of nitrogens with zero attached hydrogens (tertiary/aromatic N) is 1. The lowest BCUT2D eigenvalue weighted by Crippen LogP contribution is -2.39. The van der Waals surface area contributed by atoms with Crippen molar-refractivity contribution in [3.05, 3.63) is 23.7 Å². The number of carbonyl (C=O) groups is 1. The molecule has 2 atom stereocenters. The number of amides is 1. The third-order valence-corrected chi connectivity index (χ3v) is 3.90. The largest absolute Gasteiger partial charge is 0.469 e. The number of fused-ring (bicyclic) bond motifs is 2. The molecule has 0 saturated carbocycles. The molecule has 1 aromatic heterocycles. The van der Waals surface area contributed by atoms with E-state index in [1.54, 1.807) is 12.3 Å². The van der Waals surface area contributed by atoms with E-state index in [9.17, 15) is 4.79 Å². The topological polar surface area (TPSA) is 45.5 Å². The van der Waals surface area contributed by atoms with Crippen LogP contribution in [-0.4, -0.2) is 36.0 Å². The van der Waals surface area contributed by atoms with E-state index in [0.29, 0.717) is 17.6 Å². The fourth-order valence-corrected chi connectivity index (χ4v) is 2.90. The Bertz CT molecular complexity index is 432. The molecule has 4 nitrogen and oxygen atoms in total. The van der Waals surface area contributed by atoms with Crippen LogP contribution in [0.25, 0.3) is 0 Å². The molecule has 2 bridgehead atoms. The predicted octanol–water partition coefficient (Wildman–Crippen LogP) is 1.98. The summed E-state index contributed by atoms with van der Waals surface area (Å²) in [5, 5.41) is 3.58. The number of rotatable bonds is 1. The SMILES string of the molecule is Cc1occc1C(=O)N1CCC2CCC(C1)N2.Cl. The summed E-state index contributed by atoms with van der Waals surface area (Å²) in [6.07, 6.45) is 5.11. The highest BCUT2D eigenvalue weighted by atomic mass is 35.5. The van der Waals surface area contributed by atoms with Crippen molar-refractivity contribution in [1.29, 1.82) is 0 Å². The molecule has 1 amide bonds. The van der Waals surface area contributed by atoms with E-state index in [1.165, 1.54) is 12.8 Å². The predicted molar refractivity (Wildman–Crippen MR) is 71.2 cm³/mol. The Kier molecular flexibility index (Phi) is 3.97. The van der Waals surface area contributed by atoms with Crippen LogP contribution >= 0.6 is 12.4 Å². The lowest BCUT2D eigenvalue weighted by Gasteiger charge is -2.24. The maximum absolute atomic E-state index is 12.3. The molecule has 3 heterocycles. The fourth-order valence-electron chi connectivity index (χ4n) is 2.90. The van der Waals surface area contributed by atoms with Gasteiger partial charge in [0.1, 0.15) is 5.76 Å². The van der Waals surface area contributed by atoms with E-state index in [2.05, 4.69) is 5.32 Å². The fraction of sp³-hybridized carbons (Fsp3) is 0.615. The first-order chi connectivity index (χ1) is 8.24. The van der Waals surface area contributed by atoms with Gasteiger partial charge < -0.3 is 14.6 Å². The first-order valence-corrected chi connectivity index (χ1v) is 6.33. The second-order valence-electron chi connectivity index (χ2n) is 5.07. The number of aryl methyl sites for hydroxylation is 1. The Labute approximate surface area is 113 Å². The zero-order chi connectivity index (χ0) is 11.8. The minimum atomic E-state index is 0. The van der Waals surface area contributed by atoms with Crippen molar-refractivity contribution in [2.75, 3.05) is 13.1 Å². The van der Waals surface area contributed by atoms with Crippen LogP contribution < -0.4 is 5.32 Å². The third kappa shape index (κ3) is 2.40. The van der Waals surface area contributed by atoms with Gasteiger partial charge in [-0.1, -0.05) is 0 Å². The van der Waals surface area contributed by atoms with Gasteiger partial charge in [0.05, 0.1) is 11.8 Å². The average Bonchev–Trinajstić information content (AvgIpc) is 2.84. The molecule has 0 aromatic carbocycles. The summed E-state index contributed by atoms with van der Waals surface area (Å²) < 4.78 is 5.21. The van der Waals surface area contributed by atoms with Crippen LogP contribution in [0.1, 0.15) is 35.4 Å². The van der Waals surface area contributed by atoms with Crippen LogP contribution in [0.5, 0.6) is 0 Å². The van der Waals surface area contributed by atoms with Crippen molar-refractivity contribution in [2.45, 2.75) is 38.3 Å².